The van der Waals surface area contributed by atoms with Gasteiger partial charge in [-0.15, -0.1) is 0 Å². The number of methoxy groups -OCH3 is 2. The zero-order chi connectivity index (χ0) is 18.2. The molecule has 0 aliphatic carbocycles. The molecule has 138 valence electrons. The summed E-state index contributed by atoms with van der Waals surface area (Å²) in [5.74, 6) is -0.520. The molecule has 8 heteroatoms. The van der Waals surface area contributed by atoms with Crippen molar-refractivity contribution in [3.63, 3.8) is 0 Å². The molecule has 2 amide bonds. The number of nitrogens with one attached hydrogen (secondary N) is 1. The molecule has 25 heavy (non-hydrogen) atoms. The van der Waals surface area contributed by atoms with E-state index in [1.165, 1.54) is 0 Å². The van der Waals surface area contributed by atoms with Crippen LogP contribution in [-0.2, 0) is 23.8 Å². The second-order valence-electron chi connectivity index (χ2n) is 5.61. The van der Waals surface area contributed by atoms with Gasteiger partial charge in [0.2, 0.25) is 5.91 Å². The van der Waals surface area contributed by atoms with Crippen molar-refractivity contribution in [2.45, 2.75) is 12.1 Å². The fourth-order valence-corrected chi connectivity index (χ4v) is 2.90. The maximum atomic E-state index is 13.0. The number of halogens is 1. The molecule has 0 bridgehead atoms. The Morgan fingerprint density at radius 3 is 2.52 bits per heavy atom. The molecule has 1 aliphatic rings. The Bertz CT molecular complexity index is 590. The number of morpholine rings is 1. The van der Waals surface area contributed by atoms with Crippen LogP contribution in [-0.4, -0.2) is 69.9 Å². The van der Waals surface area contributed by atoms with Crippen LogP contribution in [0.4, 0.5) is 0 Å². The van der Waals surface area contributed by atoms with Crippen LogP contribution in [0.3, 0.4) is 0 Å². The number of carbonyl (C=O) groups is 2. The SMILES string of the molecule is COCCN(CCOC)C(=O)[C@H]1OCC(=O)N[C@@H]1c1ccccc1Cl. The van der Waals surface area contributed by atoms with Gasteiger partial charge in [0.25, 0.3) is 5.91 Å². The summed E-state index contributed by atoms with van der Waals surface area (Å²) in [6.45, 7) is 1.43. The first-order valence-corrected chi connectivity index (χ1v) is 8.38. The second kappa shape index (κ2) is 9.72. The lowest BCUT2D eigenvalue weighted by Gasteiger charge is -2.35. The van der Waals surface area contributed by atoms with Crippen LogP contribution in [0.15, 0.2) is 24.3 Å². The van der Waals surface area contributed by atoms with Crippen LogP contribution in [0, 0.1) is 0 Å². The Hall–Kier alpha value is -1.67. The lowest BCUT2D eigenvalue weighted by Crippen LogP contribution is -2.54. The lowest BCUT2D eigenvalue weighted by atomic mass is 9.98. The van der Waals surface area contributed by atoms with Gasteiger partial charge in [-0.3, -0.25) is 9.59 Å². The van der Waals surface area contributed by atoms with Gasteiger partial charge in [-0.25, -0.2) is 0 Å². The minimum absolute atomic E-state index is 0.167. The van der Waals surface area contributed by atoms with Crippen molar-refractivity contribution in [1.82, 2.24) is 10.2 Å². The zero-order valence-electron chi connectivity index (χ0n) is 14.4. The van der Waals surface area contributed by atoms with E-state index in [0.717, 1.165) is 0 Å². The maximum absolute atomic E-state index is 13.0. The molecule has 1 N–H and O–H groups in total. The van der Waals surface area contributed by atoms with E-state index in [1.54, 1.807) is 43.4 Å². The van der Waals surface area contributed by atoms with Crippen LogP contribution in [0.1, 0.15) is 11.6 Å². The lowest BCUT2D eigenvalue weighted by molar-refractivity contribution is -0.156. The Kier molecular flexibility index (Phi) is 7.64. The first-order chi connectivity index (χ1) is 12.1. The average Bonchev–Trinajstić information content (AvgIpc) is 2.62. The Morgan fingerprint density at radius 1 is 1.28 bits per heavy atom. The van der Waals surface area contributed by atoms with Crippen LogP contribution in [0.2, 0.25) is 5.02 Å². The molecule has 2 atom stereocenters. The van der Waals surface area contributed by atoms with E-state index in [2.05, 4.69) is 5.32 Å². The molecule has 1 fully saturated rings. The average molecular weight is 371 g/mol. The first-order valence-electron chi connectivity index (χ1n) is 8.00. The largest absolute Gasteiger partial charge is 0.383 e. The molecule has 1 saturated heterocycles. The van der Waals surface area contributed by atoms with E-state index in [9.17, 15) is 9.59 Å². The molecule has 1 aromatic carbocycles. The maximum Gasteiger partial charge on any atom is 0.254 e. The van der Waals surface area contributed by atoms with Gasteiger partial charge in [0, 0.05) is 32.3 Å². The quantitative estimate of drug-likeness (QED) is 0.739. The van der Waals surface area contributed by atoms with Gasteiger partial charge in [-0.1, -0.05) is 29.8 Å². The minimum atomic E-state index is -0.855. The van der Waals surface area contributed by atoms with Gasteiger partial charge in [-0.05, 0) is 11.6 Å². The monoisotopic (exact) mass is 370 g/mol. The van der Waals surface area contributed by atoms with Crippen molar-refractivity contribution < 1.29 is 23.8 Å². The number of carbonyl (C=O) groups excluding carboxylic acids is 2. The number of hydrogen-bond donors (Lipinski definition) is 1. The summed E-state index contributed by atoms with van der Waals surface area (Å²) < 4.78 is 15.7. The molecular weight excluding hydrogens is 348 g/mol. The summed E-state index contributed by atoms with van der Waals surface area (Å²) in [7, 11) is 3.14. The molecule has 0 unspecified atom stereocenters. The summed E-state index contributed by atoms with van der Waals surface area (Å²) in [5, 5.41) is 3.28. The topological polar surface area (TPSA) is 77.1 Å². The number of rotatable bonds is 8. The molecule has 0 spiro atoms. The Balaban J connectivity index is 2.23. The van der Waals surface area contributed by atoms with E-state index in [4.69, 9.17) is 25.8 Å². The number of ether oxygens (including phenoxy) is 3. The Morgan fingerprint density at radius 2 is 1.92 bits per heavy atom. The van der Waals surface area contributed by atoms with Crippen molar-refractivity contribution in [1.29, 1.82) is 0 Å². The van der Waals surface area contributed by atoms with Crippen molar-refractivity contribution in [3.05, 3.63) is 34.9 Å². The van der Waals surface area contributed by atoms with Gasteiger partial charge >= 0.3 is 0 Å². The second-order valence-corrected chi connectivity index (χ2v) is 6.02. The van der Waals surface area contributed by atoms with E-state index >= 15 is 0 Å². The third kappa shape index (κ3) is 5.15. The molecule has 7 nitrogen and oxygen atoms in total. The van der Waals surface area contributed by atoms with Crippen molar-refractivity contribution in [2.75, 3.05) is 47.1 Å². The molecular formula is C17H23ClN2O5. The van der Waals surface area contributed by atoms with Gasteiger partial charge in [0.15, 0.2) is 6.10 Å². The highest BCUT2D eigenvalue weighted by molar-refractivity contribution is 6.31. The molecule has 2 rings (SSSR count). The molecule has 1 aliphatic heterocycles. The number of nitrogens with zero attached hydrogens (tertiary/aromatic N) is 1. The molecule has 0 saturated carbocycles. The van der Waals surface area contributed by atoms with E-state index in [1.807, 2.05) is 0 Å². The van der Waals surface area contributed by atoms with Crippen LogP contribution in [0.25, 0.3) is 0 Å². The third-order valence-corrected chi connectivity index (χ3v) is 4.28. The summed E-state index contributed by atoms with van der Waals surface area (Å²) in [6, 6.07) is 6.44. The van der Waals surface area contributed by atoms with E-state index < -0.39 is 12.1 Å². The van der Waals surface area contributed by atoms with E-state index in [0.29, 0.717) is 36.9 Å². The first kappa shape index (κ1) is 19.7. The third-order valence-electron chi connectivity index (χ3n) is 3.94. The molecule has 0 radical (unpaired) electrons. The zero-order valence-corrected chi connectivity index (χ0v) is 15.1. The van der Waals surface area contributed by atoms with Crippen molar-refractivity contribution in [2.24, 2.45) is 0 Å². The predicted octanol–water partition coefficient (Wildman–Crippen LogP) is 1.02. The smallest absolute Gasteiger partial charge is 0.254 e. The summed E-state index contributed by atoms with van der Waals surface area (Å²) in [6.07, 6.45) is -0.855. The Labute approximate surface area is 152 Å². The summed E-state index contributed by atoms with van der Waals surface area (Å²) in [5.41, 5.74) is 0.647. The highest BCUT2D eigenvalue weighted by atomic mass is 35.5. The van der Waals surface area contributed by atoms with E-state index in [-0.39, 0.29) is 18.4 Å². The normalized spacial score (nSPS) is 20.2. The van der Waals surface area contributed by atoms with Crippen molar-refractivity contribution >= 4 is 23.4 Å². The van der Waals surface area contributed by atoms with Gasteiger partial charge in [0.05, 0.1) is 19.3 Å². The fraction of sp³-hybridized carbons (Fsp3) is 0.529. The van der Waals surface area contributed by atoms with Crippen LogP contribution < -0.4 is 5.32 Å². The highest BCUT2D eigenvalue weighted by Gasteiger charge is 2.39. The van der Waals surface area contributed by atoms with Crippen molar-refractivity contribution in [3.8, 4) is 0 Å². The van der Waals surface area contributed by atoms with Gasteiger partial charge in [0.1, 0.15) is 6.61 Å². The molecule has 1 heterocycles. The highest BCUT2D eigenvalue weighted by Crippen LogP contribution is 2.29. The predicted molar refractivity (Wildman–Crippen MR) is 92.4 cm³/mol. The number of hydrogen-bond acceptors (Lipinski definition) is 5. The van der Waals surface area contributed by atoms with Gasteiger partial charge in [-0.2, -0.15) is 0 Å². The van der Waals surface area contributed by atoms with Crippen LogP contribution in [0.5, 0.6) is 0 Å². The molecule has 1 aromatic rings. The van der Waals surface area contributed by atoms with Crippen LogP contribution >= 0.6 is 11.6 Å². The minimum Gasteiger partial charge on any atom is -0.383 e. The van der Waals surface area contributed by atoms with Gasteiger partial charge < -0.3 is 24.4 Å². The number of benzene rings is 1. The summed E-state index contributed by atoms with van der Waals surface area (Å²) in [4.78, 5) is 26.4. The molecule has 0 aromatic heterocycles. The summed E-state index contributed by atoms with van der Waals surface area (Å²) >= 11 is 6.25. The number of amides is 2. The fourth-order valence-electron chi connectivity index (χ4n) is 2.65. The standard InChI is InChI=1S/C17H23ClN2O5/c1-23-9-7-20(8-10-24-2)17(22)16-15(19-14(21)11-25-16)12-5-3-4-6-13(12)18/h3-6,15-16H,7-11H2,1-2H3,(H,19,21)/t15-,16+/m1/s1.